The minimum atomic E-state index is -4.92. The number of carboxylic acids is 1. The van der Waals surface area contributed by atoms with Crippen LogP contribution in [0.3, 0.4) is 0 Å². The van der Waals surface area contributed by atoms with Gasteiger partial charge in [-0.05, 0) is 31.2 Å². The number of aromatic nitrogens is 3. The number of ether oxygens (including phenoxy) is 1. The number of fused-ring (bicyclic) bond motifs is 1. The molecule has 1 fully saturated rings. The number of aryl methyl sites for hydroxylation is 1. The summed E-state index contributed by atoms with van der Waals surface area (Å²) in [6.07, 6.45) is -3.37. The van der Waals surface area contributed by atoms with Crippen molar-refractivity contribution < 1.29 is 36.2 Å². The van der Waals surface area contributed by atoms with Crippen LogP contribution in [0.15, 0.2) is 35.4 Å². The highest BCUT2D eigenvalue weighted by molar-refractivity contribution is 7.89. The molecule has 4 rings (SSSR count). The highest BCUT2D eigenvalue weighted by Gasteiger charge is 2.41. The van der Waals surface area contributed by atoms with Crippen LogP contribution in [-0.4, -0.2) is 70.8 Å². The standard InChI is InChI=1S/C18H16F3N5O5S2/c1-10-22-8-13-15(23-10)32-17(24-13)25-6-7-26(14(9-25)16(27)28)33(29,30)12-4-2-11(3-5-12)31-18(19,20)21/h2-5,8,14H,6-7,9H2,1H3,(H,27,28)/t14-/m1/s1. The van der Waals surface area contributed by atoms with Crippen molar-refractivity contribution >= 4 is 42.8 Å². The van der Waals surface area contributed by atoms with E-state index in [1.165, 1.54) is 11.3 Å². The SMILES string of the molecule is Cc1ncc2nc(N3CCN(S(=O)(=O)c4ccc(OC(F)(F)F)cc4)[C@@H](C(=O)O)C3)sc2n1. The second-order valence-electron chi connectivity index (χ2n) is 7.04. The van der Waals surface area contributed by atoms with E-state index in [9.17, 15) is 31.5 Å². The van der Waals surface area contributed by atoms with E-state index in [0.717, 1.165) is 28.6 Å². The van der Waals surface area contributed by atoms with Gasteiger partial charge in [-0.1, -0.05) is 11.3 Å². The van der Waals surface area contributed by atoms with Gasteiger partial charge in [-0.2, -0.15) is 4.31 Å². The van der Waals surface area contributed by atoms with Gasteiger partial charge < -0.3 is 14.7 Å². The molecule has 3 heterocycles. The lowest BCUT2D eigenvalue weighted by Gasteiger charge is -2.38. The first kappa shape index (κ1) is 23.1. The Morgan fingerprint density at radius 2 is 1.91 bits per heavy atom. The van der Waals surface area contributed by atoms with E-state index in [4.69, 9.17) is 0 Å². The molecule has 1 aromatic carbocycles. The zero-order valence-corrected chi connectivity index (χ0v) is 18.5. The first-order valence-electron chi connectivity index (χ1n) is 9.39. The Morgan fingerprint density at radius 1 is 1.21 bits per heavy atom. The molecule has 0 unspecified atom stereocenters. The molecule has 33 heavy (non-hydrogen) atoms. The number of piperazine rings is 1. The number of anilines is 1. The number of alkyl halides is 3. The van der Waals surface area contributed by atoms with E-state index in [2.05, 4.69) is 19.7 Å². The van der Waals surface area contributed by atoms with Gasteiger partial charge in [0.05, 0.1) is 11.1 Å². The van der Waals surface area contributed by atoms with E-state index < -0.39 is 34.1 Å². The molecule has 0 amide bonds. The summed E-state index contributed by atoms with van der Waals surface area (Å²) in [5, 5.41) is 10.2. The number of thiazole rings is 1. The van der Waals surface area contributed by atoms with E-state index in [-0.39, 0.29) is 24.5 Å². The molecule has 2 aromatic heterocycles. The Labute approximate surface area is 189 Å². The van der Waals surface area contributed by atoms with Crippen molar-refractivity contribution in [1.29, 1.82) is 0 Å². The minimum absolute atomic E-state index is 0.157. The lowest BCUT2D eigenvalue weighted by Crippen LogP contribution is -2.58. The molecule has 15 heteroatoms. The number of hydrogen-bond acceptors (Lipinski definition) is 9. The third-order valence-electron chi connectivity index (χ3n) is 4.81. The Kier molecular flexibility index (Phi) is 5.88. The Balaban J connectivity index is 1.57. The van der Waals surface area contributed by atoms with Crippen molar-refractivity contribution in [2.24, 2.45) is 0 Å². The summed E-state index contributed by atoms with van der Waals surface area (Å²) in [5.74, 6) is -1.39. The summed E-state index contributed by atoms with van der Waals surface area (Å²) in [6, 6.07) is 2.16. The molecule has 1 saturated heterocycles. The number of nitrogens with zero attached hydrogens (tertiary/aromatic N) is 5. The number of aliphatic carboxylic acids is 1. The molecule has 0 radical (unpaired) electrons. The quantitative estimate of drug-likeness (QED) is 0.558. The molecular weight excluding hydrogens is 487 g/mol. The molecule has 0 aliphatic carbocycles. The van der Waals surface area contributed by atoms with Gasteiger partial charge in [0.2, 0.25) is 10.0 Å². The van der Waals surface area contributed by atoms with Crippen LogP contribution in [0.1, 0.15) is 5.82 Å². The maximum absolute atomic E-state index is 13.1. The number of hydrogen-bond donors (Lipinski definition) is 1. The van der Waals surface area contributed by atoms with E-state index in [1.54, 1.807) is 18.0 Å². The van der Waals surface area contributed by atoms with Gasteiger partial charge in [-0.15, -0.1) is 13.2 Å². The van der Waals surface area contributed by atoms with Crippen LogP contribution in [0.4, 0.5) is 18.3 Å². The van der Waals surface area contributed by atoms with E-state index in [1.807, 2.05) is 0 Å². The number of carbonyl (C=O) groups is 1. The number of carboxylic acid groups (broad SMARTS) is 1. The van der Waals surface area contributed by atoms with Gasteiger partial charge in [-0.25, -0.2) is 23.4 Å². The van der Waals surface area contributed by atoms with Crippen LogP contribution < -0.4 is 9.64 Å². The van der Waals surface area contributed by atoms with Crippen LogP contribution >= 0.6 is 11.3 Å². The van der Waals surface area contributed by atoms with Gasteiger partial charge in [-0.3, -0.25) is 4.79 Å². The van der Waals surface area contributed by atoms with Crippen LogP contribution in [-0.2, 0) is 14.8 Å². The number of rotatable bonds is 5. The highest BCUT2D eigenvalue weighted by atomic mass is 32.2. The lowest BCUT2D eigenvalue weighted by molar-refractivity contribution is -0.274. The Hall–Kier alpha value is -3.04. The summed E-state index contributed by atoms with van der Waals surface area (Å²) >= 11 is 1.24. The first-order chi connectivity index (χ1) is 15.4. The normalized spacial score (nSPS) is 17.9. The first-order valence-corrected chi connectivity index (χ1v) is 11.7. The van der Waals surface area contributed by atoms with Crippen LogP contribution in [0.5, 0.6) is 5.75 Å². The van der Waals surface area contributed by atoms with Gasteiger partial charge in [0.25, 0.3) is 0 Å². The largest absolute Gasteiger partial charge is 0.573 e. The average Bonchev–Trinajstić information content (AvgIpc) is 3.15. The van der Waals surface area contributed by atoms with Crippen LogP contribution in [0.25, 0.3) is 10.3 Å². The van der Waals surface area contributed by atoms with E-state index >= 15 is 0 Å². The molecule has 0 spiro atoms. The minimum Gasteiger partial charge on any atom is -0.480 e. The fourth-order valence-corrected chi connectivity index (χ4v) is 5.88. The third kappa shape index (κ3) is 4.84. The monoisotopic (exact) mass is 503 g/mol. The second kappa shape index (κ2) is 8.39. The summed E-state index contributed by atoms with van der Waals surface area (Å²) in [5.41, 5.74) is 0.545. The second-order valence-corrected chi connectivity index (χ2v) is 9.89. The zero-order chi connectivity index (χ0) is 24.0. The maximum Gasteiger partial charge on any atom is 0.573 e. The molecule has 1 atom stereocenters. The Morgan fingerprint density at radius 3 is 2.55 bits per heavy atom. The molecule has 0 saturated carbocycles. The fraction of sp³-hybridized carbons (Fsp3) is 0.333. The molecule has 10 nitrogen and oxygen atoms in total. The number of benzene rings is 1. The van der Waals surface area contributed by atoms with Crippen molar-refractivity contribution in [3.63, 3.8) is 0 Å². The smallest absolute Gasteiger partial charge is 0.480 e. The molecule has 0 bridgehead atoms. The maximum atomic E-state index is 13.1. The van der Waals surface area contributed by atoms with Crippen molar-refractivity contribution in [2.45, 2.75) is 24.2 Å². The van der Waals surface area contributed by atoms with Crippen molar-refractivity contribution in [1.82, 2.24) is 19.3 Å². The molecule has 176 valence electrons. The molecule has 3 aromatic rings. The summed E-state index contributed by atoms with van der Waals surface area (Å²) in [7, 11) is -4.30. The molecule has 1 aliphatic heterocycles. The van der Waals surface area contributed by atoms with Crippen molar-refractivity contribution in [2.75, 3.05) is 24.5 Å². The van der Waals surface area contributed by atoms with Crippen LogP contribution in [0, 0.1) is 6.92 Å². The summed E-state index contributed by atoms with van der Waals surface area (Å²) in [4.78, 5) is 26.6. The molecule has 1 N–H and O–H groups in total. The van der Waals surface area contributed by atoms with Gasteiger partial charge in [0.1, 0.15) is 28.0 Å². The van der Waals surface area contributed by atoms with Gasteiger partial charge in [0, 0.05) is 19.6 Å². The predicted molar refractivity (Wildman–Crippen MR) is 111 cm³/mol. The van der Waals surface area contributed by atoms with Crippen LogP contribution in [0.2, 0.25) is 0 Å². The number of halogens is 3. The molecule has 1 aliphatic rings. The highest BCUT2D eigenvalue weighted by Crippen LogP contribution is 2.31. The topological polar surface area (TPSA) is 126 Å². The predicted octanol–water partition coefficient (Wildman–Crippen LogP) is 2.26. The fourth-order valence-electron chi connectivity index (χ4n) is 3.32. The van der Waals surface area contributed by atoms with Crippen molar-refractivity contribution in [3.05, 3.63) is 36.3 Å². The lowest BCUT2D eigenvalue weighted by atomic mass is 10.2. The van der Waals surface area contributed by atoms with E-state index in [0.29, 0.717) is 21.3 Å². The zero-order valence-electron chi connectivity index (χ0n) is 16.9. The average molecular weight is 503 g/mol. The Bertz CT molecular complexity index is 1300. The summed E-state index contributed by atoms with van der Waals surface area (Å²) in [6.45, 7) is 1.55. The van der Waals surface area contributed by atoms with Gasteiger partial charge >= 0.3 is 12.3 Å². The summed E-state index contributed by atoms with van der Waals surface area (Å²) < 4.78 is 67.7. The molecular formula is C18H16F3N5O5S2. The van der Waals surface area contributed by atoms with Gasteiger partial charge in [0.15, 0.2) is 5.13 Å². The van der Waals surface area contributed by atoms with Crippen molar-refractivity contribution in [3.8, 4) is 5.75 Å². The number of sulfonamides is 1. The third-order valence-corrected chi connectivity index (χ3v) is 7.76.